The van der Waals surface area contributed by atoms with E-state index in [-0.39, 0.29) is 6.61 Å². The summed E-state index contributed by atoms with van der Waals surface area (Å²) < 4.78 is 13.5. The highest BCUT2D eigenvalue weighted by Crippen LogP contribution is 2.39. The van der Waals surface area contributed by atoms with Crippen LogP contribution in [0.5, 0.6) is 17.2 Å². The van der Waals surface area contributed by atoms with Crippen molar-refractivity contribution in [2.75, 3.05) is 7.11 Å². The van der Waals surface area contributed by atoms with Gasteiger partial charge in [0.2, 0.25) is 0 Å². The molecule has 0 aliphatic rings. The molecule has 2 aromatic rings. The number of ether oxygens (including phenoxy) is 2. The quantitative estimate of drug-likeness (QED) is 0.667. The van der Waals surface area contributed by atoms with E-state index >= 15 is 0 Å². The molecule has 0 saturated heterocycles. The molecule has 0 bridgehead atoms. The second kappa shape index (κ2) is 6.93. The van der Waals surface area contributed by atoms with Crippen molar-refractivity contribution in [1.29, 1.82) is 0 Å². The first-order chi connectivity index (χ1) is 9.55. The summed E-state index contributed by atoms with van der Waals surface area (Å²) in [5, 5.41) is 9.39. The Balaban J connectivity index is 2.37. The average Bonchev–Trinajstić information content (AvgIpc) is 2.44. The lowest BCUT2D eigenvalue weighted by Crippen LogP contribution is -1.93. The lowest BCUT2D eigenvalue weighted by molar-refractivity contribution is 0.276. The Labute approximate surface area is 142 Å². The summed E-state index contributed by atoms with van der Waals surface area (Å²) in [6.45, 7) is -0.0935. The number of aliphatic hydroxyl groups is 1. The number of aliphatic hydroxyl groups excluding tert-OH is 1. The summed E-state index contributed by atoms with van der Waals surface area (Å²) in [5.74, 6) is 1.95. The van der Waals surface area contributed by atoms with Gasteiger partial charge in [-0.25, -0.2) is 0 Å². The van der Waals surface area contributed by atoms with Crippen molar-refractivity contribution in [3.63, 3.8) is 0 Å². The van der Waals surface area contributed by atoms with Gasteiger partial charge in [0.05, 0.1) is 22.7 Å². The van der Waals surface area contributed by atoms with Crippen LogP contribution in [0.15, 0.2) is 43.7 Å². The molecule has 0 saturated carbocycles. The molecule has 0 aromatic heterocycles. The lowest BCUT2D eigenvalue weighted by Gasteiger charge is -2.13. The molecule has 0 radical (unpaired) electrons. The Morgan fingerprint density at radius 2 is 1.60 bits per heavy atom. The van der Waals surface area contributed by atoms with Crippen molar-refractivity contribution in [1.82, 2.24) is 0 Å². The molecule has 0 spiro atoms. The van der Waals surface area contributed by atoms with Crippen molar-refractivity contribution < 1.29 is 14.6 Å². The molecular weight excluding hydrogens is 456 g/mol. The minimum absolute atomic E-state index is 0.0935. The maximum absolute atomic E-state index is 9.39. The highest BCUT2D eigenvalue weighted by atomic mass is 79.9. The highest BCUT2D eigenvalue weighted by Gasteiger charge is 2.11. The topological polar surface area (TPSA) is 38.7 Å². The summed E-state index contributed by atoms with van der Waals surface area (Å²) in [7, 11) is 1.60. The van der Waals surface area contributed by atoms with Gasteiger partial charge in [-0.05, 0) is 62.2 Å². The van der Waals surface area contributed by atoms with Crippen LogP contribution in [0.3, 0.4) is 0 Å². The van der Waals surface area contributed by atoms with Crippen molar-refractivity contribution in [2.45, 2.75) is 6.61 Å². The van der Waals surface area contributed by atoms with Crippen LogP contribution < -0.4 is 9.47 Å². The zero-order chi connectivity index (χ0) is 14.7. The Kier molecular flexibility index (Phi) is 5.49. The summed E-state index contributed by atoms with van der Waals surface area (Å²) in [6.07, 6.45) is 0. The first-order valence-electron chi connectivity index (χ1n) is 5.65. The number of rotatable bonds is 4. The van der Waals surface area contributed by atoms with Crippen LogP contribution in [0.25, 0.3) is 0 Å². The smallest absolute Gasteiger partial charge is 0.143 e. The summed E-state index contributed by atoms with van der Waals surface area (Å²) in [6, 6.07) is 9.12. The van der Waals surface area contributed by atoms with E-state index in [9.17, 15) is 5.11 Å². The molecule has 0 atom stereocenters. The maximum Gasteiger partial charge on any atom is 0.143 e. The standard InChI is InChI=1S/C14H11Br3O3/c1-19-13-5-11(17)14(6-10(13)16)20-12-3-2-9(15)4-8(12)7-18/h2-6,18H,7H2,1H3. The highest BCUT2D eigenvalue weighted by molar-refractivity contribution is 9.11. The van der Waals surface area contributed by atoms with Crippen LogP contribution >= 0.6 is 47.8 Å². The first kappa shape index (κ1) is 15.8. The first-order valence-corrected chi connectivity index (χ1v) is 8.03. The largest absolute Gasteiger partial charge is 0.496 e. The molecule has 0 aliphatic heterocycles. The third-order valence-corrected chi connectivity index (χ3v) is 4.35. The Bertz CT molecular complexity index is 629. The normalized spacial score (nSPS) is 10.4. The van der Waals surface area contributed by atoms with Gasteiger partial charge in [0.25, 0.3) is 0 Å². The van der Waals surface area contributed by atoms with Gasteiger partial charge in [0.15, 0.2) is 0 Å². The number of hydrogen-bond donors (Lipinski definition) is 1. The van der Waals surface area contributed by atoms with Crippen LogP contribution in [0.2, 0.25) is 0 Å². The monoisotopic (exact) mass is 464 g/mol. The predicted octanol–water partition coefficient (Wildman–Crippen LogP) is 5.27. The van der Waals surface area contributed by atoms with Gasteiger partial charge < -0.3 is 14.6 Å². The van der Waals surface area contributed by atoms with E-state index in [0.717, 1.165) is 13.4 Å². The number of halogens is 3. The Morgan fingerprint density at radius 1 is 0.950 bits per heavy atom. The average molecular weight is 467 g/mol. The van der Waals surface area contributed by atoms with E-state index in [1.54, 1.807) is 13.2 Å². The van der Waals surface area contributed by atoms with Crippen LogP contribution in [0.1, 0.15) is 5.56 Å². The Hall–Kier alpha value is -0.560. The van der Waals surface area contributed by atoms with E-state index in [4.69, 9.17) is 9.47 Å². The zero-order valence-corrected chi connectivity index (χ0v) is 15.2. The van der Waals surface area contributed by atoms with Gasteiger partial charge in [0.1, 0.15) is 17.2 Å². The molecule has 2 rings (SSSR count). The summed E-state index contributed by atoms with van der Waals surface area (Å²) in [5.41, 5.74) is 0.707. The summed E-state index contributed by atoms with van der Waals surface area (Å²) >= 11 is 10.2. The van der Waals surface area contributed by atoms with Gasteiger partial charge in [0, 0.05) is 10.0 Å². The molecule has 0 heterocycles. The fraction of sp³-hybridized carbons (Fsp3) is 0.143. The maximum atomic E-state index is 9.39. The molecule has 0 amide bonds. The Morgan fingerprint density at radius 3 is 2.25 bits per heavy atom. The van der Waals surface area contributed by atoms with Gasteiger partial charge >= 0.3 is 0 Å². The van der Waals surface area contributed by atoms with Gasteiger partial charge in [-0.15, -0.1) is 0 Å². The second-order valence-corrected chi connectivity index (χ2v) is 6.55. The molecule has 2 aromatic carbocycles. The summed E-state index contributed by atoms with van der Waals surface area (Å²) in [4.78, 5) is 0. The van der Waals surface area contributed by atoms with Crippen molar-refractivity contribution in [3.05, 3.63) is 49.3 Å². The van der Waals surface area contributed by atoms with E-state index in [1.807, 2.05) is 24.3 Å². The third-order valence-electron chi connectivity index (χ3n) is 2.62. The van der Waals surface area contributed by atoms with Gasteiger partial charge in [-0.3, -0.25) is 0 Å². The molecule has 6 heteroatoms. The van der Waals surface area contributed by atoms with E-state index in [2.05, 4.69) is 47.8 Å². The molecule has 106 valence electrons. The fourth-order valence-corrected chi connectivity index (χ4v) is 2.93. The molecule has 1 N–H and O–H groups in total. The molecule has 0 fully saturated rings. The van der Waals surface area contributed by atoms with E-state index < -0.39 is 0 Å². The predicted molar refractivity (Wildman–Crippen MR) is 88.5 cm³/mol. The zero-order valence-electron chi connectivity index (χ0n) is 10.5. The number of benzene rings is 2. The minimum atomic E-state index is -0.0935. The number of methoxy groups -OCH3 is 1. The van der Waals surface area contributed by atoms with Crippen molar-refractivity contribution >= 4 is 47.8 Å². The minimum Gasteiger partial charge on any atom is -0.496 e. The molecule has 3 nitrogen and oxygen atoms in total. The molecule has 0 aliphatic carbocycles. The van der Waals surface area contributed by atoms with Crippen LogP contribution in [-0.2, 0) is 6.61 Å². The number of hydrogen-bond acceptors (Lipinski definition) is 3. The fourth-order valence-electron chi connectivity index (χ4n) is 1.63. The van der Waals surface area contributed by atoms with E-state index in [1.165, 1.54) is 0 Å². The van der Waals surface area contributed by atoms with Crippen molar-refractivity contribution in [2.24, 2.45) is 0 Å². The van der Waals surface area contributed by atoms with Crippen LogP contribution in [0, 0.1) is 0 Å². The third kappa shape index (κ3) is 3.55. The van der Waals surface area contributed by atoms with Crippen LogP contribution in [-0.4, -0.2) is 12.2 Å². The van der Waals surface area contributed by atoms with Gasteiger partial charge in [-0.1, -0.05) is 15.9 Å². The lowest BCUT2D eigenvalue weighted by atomic mass is 10.2. The second-order valence-electron chi connectivity index (χ2n) is 3.93. The van der Waals surface area contributed by atoms with Gasteiger partial charge in [-0.2, -0.15) is 0 Å². The molecule has 0 unspecified atom stereocenters. The van der Waals surface area contributed by atoms with Crippen molar-refractivity contribution in [3.8, 4) is 17.2 Å². The van der Waals surface area contributed by atoms with Crippen LogP contribution in [0.4, 0.5) is 0 Å². The molecular formula is C14H11Br3O3. The molecule has 20 heavy (non-hydrogen) atoms. The SMILES string of the molecule is COc1cc(Br)c(Oc2ccc(Br)cc2CO)cc1Br. The van der Waals surface area contributed by atoms with E-state index in [0.29, 0.717) is 22.8 Å².